The van der Waals surface area contributed by atoms with Crippen molar-refractivity contribution in [3.63, 3.8) is 0 Å². The van der Waals surface area contributed by atoms with Crippen molar-refractivity contribution in [2.75, 3.05) is 32.7 Å². The number of hydrogen-bond acceptors (Lipinski definition) is 4. The summed E-state index contributed by atoms with van der Waals surface area (Å²) in [4.78, 5) is 14.4. The van der Waals surface area contributed by atoms with Crippen molar-refractivity contribution in [1.82, 2.24) is 13.5 Å². The van der Waals surface area contributed by atoms with Crippen LogP contribution in [0.3, 0.4) is 0 Å². The summed E-state index contributed by atoms with van der Waals surface area (Å²) in [6, 6.07) is -0.931. The number of rotatable bonds is 5. The molecule has 0 unspecified atom stereocenters. The van der Waals surface area contributed by atoms with Gasteiger partial charge in [-0.05, 0) is 33.1 Å². The molecule has 2 rings (SSSR count). The van der Waals surface area contributed by atoms with E-state index < -0.39 is 16.3 Å². The molecular weight excluding hydrogens is 316 g/mol. The summed E-state index contributed by atoms with van der Waals surface area (Å²) >= 11 is 0. The second-order valence-corrected chi connectivity index (χ2v) is 8.29. The van der Waals surface area contributed by atoms with Gasteiger partial charge in [0.15, 0.2) is 0 Å². The van der Waals surface area contributed by atoms with Crippen LogP contribution in [0, 0.1) is 0 Å². The van der Waals surface area contributed by atoms with Crippen LogP contribution in [0.1, 0.15) is 46.0 Å². The Morgan fingerprint density at radius 3 is 2.22 bits per heavy atom. The molecule has 0 aromatic carbocycles. The van der Waals surface area contributed by atoms with Crippen molar-refractivity contribution in [1.29, 1.82) is 0 Å². The molecule has 7 nitrogen and oxygen atoms in total. The van der Waals surface area contributed by atoms with Crippen molar-refractivity contribution in [2.45, 2.75) is 58.0 Å². The molecule has 2 aliphatic heterocycles. The molecule has 2 saturated heterocycles. The van der Waals surface area contributed by atoms with Gasteiger partial charge in [0.25, 0.3) is 10.2 Å². The number of carbonyl (C=O) groups is 1. The number of amides is 1. The van der Waals surface area contributed by atoms with E-state index in [0.717, 1.165) is 25.7 Å². The Morgan fingerprint density at radius 1 is 1.13 bits per heavy atom. The summed E-state index contributed by atoms with van der Waals surface area (Å²) in [6.07, 6.45) is 4.30. The second-order valence-electron chi connectivity index (χ2n) is 6.41. The third-order valence-electron chi connectivity index (χ3n) is 4.84. The number of carbonyl (C=O) groups excluding carboxylic acids is 1. The fraction of sp³-hybridized carbons (Fsp3) is 0.933. The molecule has 2 atom stereocenters. The van der Waals surface area contributed by atoms with Crippen LogP contribution in [0.5, 0.6) is 0 Å². The first kappa shape index (κ1) is 18.6. The zero-order chi connectivity index (χ0) is 17.0. The molecule has 2 N–H and O–H groups in total. The summed E-state index contributed by atoms with van der Waals surface area (Å²) < 4.78 is 28.9. The first-order chi connectivity index (χ1) is 10.9. The van der Waals surface area contributed by atoms with Crippen molar-refractivity contribution < 1.29 is 13.2 Å². The van der Waals surface area contributed by atoms with Crippen molar-refractivity contribution >= 4 is 16.1 Å². The Bertz CT molecular complexity index is 499. The summed E-state index contributed by atoms with van der Waals surface area (Å²) in [6.45, 7) is 6.29. The van der Waals surface area contributed by atoms with Gasteiger partial charge in [-0.25, -0.2) is 0 Å². The van der Waals surface area contributed by atoms with Crippen molar-refractivity contribution in [3.05, 3.63) is 0 Å². The van der Waals surface area contributed by atoms with Gasteiger partial charge in [0.2, 0.25) is 5.91 Å². The first-order valence-corrected chi connectivity index (χ1v) is 10.1. The molecule has 1 amide bonds. The lowest BCUT2D eigenvalue weighted by Crippen LogP contribution is -2.52. The van der Waals surface area contributed by atoms with E-state index in [1.165, 1.54) is 4.31 Å². The van der Waals surface area contributed by atoms with E-state index >= 15 is 0 Å². The quantitative estimate of drug-likeness (QED) is 0.779. The van der Waals surface area contributed by atoms with E-state index in [4.69, 9.17) is 5.73 Å². The van der Waals surface area contributed by atoms with E-state index in [2.05, 4.69) is 0 Å². The van der Waals surface area contributed by atoms with Gasteiger partial charge in [-0.2, -0.15) is 17.0 Å². The Labute approximate surface area is 140 Å². The third kappa shape index (κ3) is 4.04. The Morgan fingerprint density at radius 2 is 1.70 bits per heavy atom. The molecule has 0 aromatic rings. The molecule has 23 heavy (non-hydrogen) atoms. The molecular formula is C15H30N4O3S. The van der Waals surface area contributed by atoms with Crippen LogP contribution >= 0.6 is 0 Å². The monoisotopic (exact) mass is 346 g/mol. The Kier molecular flexibility index (Phi) is 6.41. The van der Waals surface area contributed by atoms with Gasteiger partial charge in [0.05, 0.1) is 0 Å². The van der Waals surface area contributed by atoms with Crippen LogP contribution in [0.15, 0.2) is 0 Å². The third-order valence-corrected chi connectivity index (χ3v) is 6.85. The van der Waals surface area contributed by atoms with Gasteiger partial charge in [0, 0.05) is 38.8 Å². The summed E-state index contributed by atoms with van der Waals surface area (Å²) in [5, 5.41) is 0. The molecule has 134 valence electrons. The number of nitrogens with two attached hydrogens (primary N) is 1. The highest BCUT2D eigenvalue weighted by Crippen LogP contribution is 2.26. The Hall–Kier alpha value is -0.700. The molecule has 2 heterocycles. The average Bonchev–Trinajstić information content (AvgIpc) is 2.74. The highest BCUT2D eigenvalue weighted by molar-refractivity contribution is 7.86. The maximum Gasteiger partial charge on any atom is 0.282 e. The molecule has 8 heteroatoms. The van der Waals surface area contributed by atoms with E-state index in [9.17, 15) is 13.2 Å². The fourth-order valence-electron chi connectivity index (χ4n) is 3.48. The van der Waals surface area contributed by atoms with Gasteiger partial charge < -0.3 is 10.6 Å². The van der Waals surface area contributed by atoms with Gasteiger partial charge in [-0.3, -0.25) is 4.79 Å². The van der Waals surface area contributed by atoms with Crippen molar-refractivity contribution in [3.8, 4) is 0 Å². The largest absolute Gasteiger partial charge is 0.342 e. The standard InChI is InChI=1S/C15H30N4O3S/c1-3-17(4-2)15(20)14-11-13(16)12-19(14)23(21,22)18-9-7-5-6-8-10-18/h13-14H,3-12,16H2,1-2H3/t13-,14-/m0/s1. The molecule has 0 aliphatic carbocycles. The van der Waals surface area contributed by atoms with Crippen LogP contribution in [-0.2, 0) is 15.0 Å². The average molecular weight is 346 g/mol. The molecule has 0 radical (unpaired) electrons. The smallest absolute Gasteiger partial charge is 0.282 e. The Balaban J connectivity index is 2.21. The number of hydrogen-bond donors (Lipinski definition) is 1. The van der Waals surface area contributed by atoms with Gasteiger partial charge in [-0.1, -0.05) is 12.8 Å². The molecule has 2 aliphatic rings. The van der Waals surface area contributed by atoms with Crippen LogP contribution in [0.2, 0.25) is 0 Å². The van der Waals surface area contributed by atoms with E-state index in [1.54, 1.807) is 9.21 Å². The van der Waals surface area contributed by atoms with Gasteiger partial charge in [-0.15, -0.1) is 0 Å². The van der Waals surface area contributed by atoms with Crippen molar-refractivity contribution in [2.24, 2.45) is 5.73 Å². The first-order valence-electron chi connectivity index (χ1n) is 8.73. The maximum atomic E-state index is 13.0. The predicted octanol–water partition coefficient (Wildman–Crippen LogP) is 0.377. The summed E-state index contributed by atoms with van der Waals surface area (Å²) in [5.74, 6) is -0.124. The molecule has 0 bridgehead atoms. The van der Waals surface area contributed by atoms with Gasteiger partial charge >= 0.3 is 0 Å². The molecule has 0 spiro atoms. The summed E-state index contributed by atoms with van der Waals surface area (Å²) in [5.41, 5.74) is 6.00. The zero-order valence-corrected chi connectivity index (χ0v) is 15.1. The maximum absolute atomic E-state index is 13.0. The highest BCUT2D eigenvalue weighted by Gasteiger charge is 2.45. The van der Waals surface area contributed by atoms with Gasteiger partial charge in [0.1, 0.15) is 6.04 Å². The number of likely N-dealkylation sites (N-methyl/N-ethyl adjacent to an activating group) is 1. The lowest BCUT2D eigenvalue weighted by molar-refractivity contribution is -0.134. The minimum atomic E-state index is -3.62. The molecule has 2 fully saturated rings. The molecule has 0 aromatic heterocycles. The number of nitrogens with zero attached hydrogens (tertiary/aromatic N) is 3. The minimum absolute atomic E-state index is 0.124. The topological polar surface area (TPSA) is 87.0 Å². The van der Waals surface area contributed by atoms with E-state index in [1.807, 2.05) is 13.8 Å². The summed E-state index contributed by atoms with van der Waals surface area (Å²) in [7, 11) is -3.62. The minimum Gasteiger partial charge on any atom is -0.342 e. The van der Waals surface area contributed by atoms with Crippen LogP contribution in [0.25, 0.3) is 0 Å². The van der Waals surface area contributed by atoms with E-state index in [0.29, 0.717) is 32.6 Å². The second kappa shape index (κ2) is 7.92. The predicted molar refractivity (Wildman–Crippen MR) is 90.0 cm³/mol. The highest BCUT2D eigenvalue weighted by atomic mass is 32.2. The SMILES string of the molecule is CCN(CC)C(=O)[C@@H]1C[C@H](N)CN1S(=O)(=O)N1CCCCCC1. The zero-order valence-electron chi connectivity index (χ0n) is 14.3. The normalized spacial score (nSPS) is 27.8. The lowest BCUT2D eigenvalue weighted by Gasteiger charge is -2.32. The van der Waals surface area contributed by atoms with Crippen LogP contribution in [-0.4, -0.2) is 72.6 Å². The van der Waals surface area contributed by atoms with Crippen LogP contribution in [0.4, 0.5) is 0 Å². The molecule has 0 saturated carbocycles. The van der Waals surface area contributed by atoms with E-state index in [-0.39, 0.29) is 18.5 Å². The van der Waals surface area contributed by atoms with Crippen LogP contribution < -0.4 is 5.73 Å². The lowest BCUT2D eigenvalue weighted by atomic mass is 10.1. The fourth-order valence-corrected chi connectivity index (χ4v) is 5.38.